The van der Waals surface area contributed by atoms with Gasteiger partial charge in [0.2, 0.25) is 0 Å². The van der Waals surface area contributed by atoms with E-state index in [9.17, 15) is 0 Å². The first-order valence-corrected chi connectivity index (χ1v) is 7.36. The lowest BCUT2D eigenvalue weighted by atomic mass is 10.0. The van der Waals surface area contributed by atoms with Crippen molar-refractivity contribution < 1.29 is 4.42 Å². The van der Waals surface area contributed by atoms with Crippen LogP contribution in [-0.2, 0) is 19.9 Å². The first kappa shape index (κ1) is 14.9. The van der Waals surface area contributed by atoms with E-state index >= 15 is 0 Å². The minimum absolute atomic E-state index is 0.391. The molecule has 0 radical (unpaired) electrons. The van der Waals surface area contributed by atoms with Crippen LogP contribution in [0.2, 0.25) is 0 Å². The fourth-order valence-corrected chi connectivity index (χ4v) is 2.60. The minimum atomic E-state index is 0.391. The third-order valence-electron chi connectivity index (χ3n) is 3.82. The SMILES string of the molecule is CCCNC(Cc1ccco1)Cc1c(C)nn(C)c1C. The molecule has 0 fully saturated rings. The Bertz CT molecular complexity index is 528. The number of nitrogens with one attached hydrogen (secondary N) is 1. The number of aryl methyl sites for hydroxylation is 2. The van der Waals surface area contributed by atoms with Gasteiger partial charge in [-0.2, -0.15) is 5.10 Å². The van der Waals surface area contributed by atoms with Gasteiger partial charge >= 0.3 is 0 Å². The predicted octanol–water partition coefficient (Wildman–Crippen LogP) is 2.78. The van der Waals surface area contributed by atoms with E-state index in [4.69, 9.17) is 4.42 Å². The van der Waals surface area contributed by atoms with Gasteiger partial charge in [0.15, 0.2) is 0 Å². The van der Waals surface area contributed by atoms with Crippen LogP contribution < -0.4 is 5.32 Å². The summed E-state index contributed by atoms with van der Waals surface area (Å²) in [5.74, 6) is 1.04. The summed E-state index contributed by atoms with van der Waals surface area (Å²) < 4.78 is 7.45. The molecule has 1 atom stereocenters. The molecule has 0 aliphatic rings. The van der Waals surface area contributed by atoms with Gasteiger partial charge in [-0.3, -0.25) is 4.68 Å². The van der Waals surface area contributed by atoms with Crippen LogP contribution in [0.3, 0.4) is 0 Å². The van der Waals surface area contributed by atoms with Gasteiger partial charge < -0.3 is 9.73 Å². The Morgan fingerprint density at radius 1 is 1.35 bits per heavy atom. The Kier molecular flexibility index (Phi) is 5.01. The van der Waals surface area contributed by atoms with E-state index in [1.807, 2.05) is 23.9 Å². The molecule has 4 heteroatoms. The van der Waals surface area contributed by atoms with Gasteiger partial charge in [-0.25, -0.2) is 0 Å². The molecule has 0 amide bonds. The minimum Gasteiger partial charge on any atom is -0.469 e. The molecular formula is C16H25N3O. The number of furan rings is 1. The van der Waals surface area contributed by atoms with Crippen LogP contribution in [-0.4, -0.2) is 22.4 Å². The molecule has 1 unspecified atom stereocenters. The van der Waals surface area contributed by atoms with Crippen molar-refractivity contribution in [3.05, 3.63) is 41.1 Å². The maximum Gasteiger partial charge on any atom is 0.105 e. The molecule has 0 saturated heterocycles. The summed E-state index contributed by atoms with van der Waals surface area (Å²) in [4.78, 5) is 0. The number of hydrogen-bond donors (Lipinski definition) is 1. The maximum absolute atomic E-state index is 5.49. The van der Waals surface area contributed by atoms with Crippen LogP contribution >= 0.6 is 0 Å². The van der Waals surface area contributed by atoms with E-state index in [-0.39, 0.29) is 0 Å². The first-order chi connectivity index (χ1) is 9.61. The van der Waals surface area contributed by atoms with E-state index in [2.05, 4.69) is 31.2 Å². The molecule has 1 N–H and O–H groups in total. The van der Waals surface area contributed by atoms with Crippen molar-refractivity contribution in [3.8, 4) is 0 Å². The van der Waals surface area contributed by atoms with Crippen molar-refractivity contribution in [2.75, 3.05) is 6.54 Å². The average molecular weight is 275 g/mol. The summed E-state index contributed by atoms with van der Waals surface area (Å²) in [6.45, 7) is 7.45. The van der Waals surface area contributed by atoms with E-state index in [1.165, 1.54) is 11.3 Å². The lowest BCUT2D eigenvalue weighted by molar-refractivity contribution is 0.437. The van der Waals surface area contributed by atoms with Crippen molar-refractivity contribution in [2.45, 2.75) is 46.1 Å². The van der Waals surface area contributed by atoms with Crippen LogP contribution in [0.15, 0.2) is 22.8 Å². The molecular weight excluding hydrogens is 250 g/mol. The van der Waals surface area contributed by atoms with Crippen LogP contribution in [0.4, 0.5) is 0 Å². The zero-order chi connectivity index (χ0) is 14.5. The lowest BCUT2D eigenvalue weighted by Crippen LogP contribution is -2.34. The molecule has 0 saturated carbocycles. The van der Waals surface area contributed by atoms with Gasteiger partial charge in [0.1, 0.15) is 5.76 Å². The molecule has 110 valence electrons. The second-order valence-electron chi connectivity index (χ2n) is 5.41. The van der Waals surface area contributed by atoms with Crippen LogP contribution in [0.1, 0.15) is 36.1 Å². The molecule has 0 spiro atoms. The Morgan fingerprint density at radius 2 is 2.15 bits per heavy atom. The molecule has 0 aliphatic carbocycles. The molecule has 0 aliphatic heterocycles. The number of aromatic nitrogens is 2. The Hall–Kier alpha value is -1.55. The Balaban J connectivity index is 2.10. The second kappa shape index (κ2) is 6.75. The molecule has 0 bridgehead atoms. The Labute approximate surface area is 121 Å². The molecule has 20 heavy (non-hydrogen) atoms. The van der Waals surface area contributed by atoms with Crippen molar-refractivity contribution in [3.63, 3.8) is 0 Å². The molecule has 2 aromatic heterocycles. The standard InChI is InChI=1S/C16H25N3O/c1-5-8-17-14(10-15-7-6-9-20-15)11-16-12(2)18-19(4)13(16)3/h6-7,9,14,17H,5,8,10-11H2,1-4H3. The van der Waals surface area contributed by atoms with Crippen LogP contribution in [0, 0.1) is 13.8 Å². The molecule has 0 aromatic carbocycles. The van der Waals surface area contributed by atoms with E-state index in [0.29, 0.717) is 6.04 Å². The highest BCUT2D eigenvalue weighted by Crippen LogP contribution is 2.16. The summed E-state index contributed by atoms with van der Waals surface area (Å²) in [5.41, 5.74) is 3.74. The Morgan fingerprint density at radius 3 is 2.70 bits per heavy atom. The van der Waals surface area contributed by atoms with Crippen molar-refractivity contribution >= 4 is 0 Å². The van der Waals surface area contributed by atoms with Crippen LogP contribution in [0.5, 0.6) is 0 Å². The molecule has 2 rings (SSSR count). The summed E-state index contributed by atoms with van der Waals surface area (Å²) in [7, 11) is 2.01. The predicted molar refractivity (Wildman–Crippen MR) is 80.9 cm³/mol. The van der Waals surface area contributed by atoms with Crippen molar-refractivity contribution in [2.24, 2.45) is 7.05 Å². The monoisotopic (exact) mass is 275 g/mol. The van der Waals surface area contributed by atoms with Gasteiger partial charge in [0.05, 0.1) is 12.0 Å². The van der Waals surface area contributed by atoms with E-state index < -0.39 is 0 Å². The average Bonchev–Trinajstić information content (AvgIpc) is 3.00. The fraction of sp³-hybridized carbons (Fsp3) is 0.562. The zero-order valence-corrected chi connectivity index (χ0v) is 12.9. The normalized spacial score (nSPS) is 12.8. The summed E-state index contributed by atoms with van der Waals surface area (Å²) in [6, 6.07) is 4.39. The maximum atomic E-state index is 5.49. The summed E-state index contributed by atoms with van der Waals surface area (Å²) in [5, 5.41) is 8.13. The van der Waals surface area contributed by atoms with Crippen LogP contribution in [0.25, 0.3) is 0 Å². The van der Waals surface area contributed by atoms with Crippen molar-refractivity contribution in [1.29, 1.82) is 0 Å². The molecule has 4 nitrogen and oxygen atoms in total. The molecule has 2 aromatic rings. The lowest BCUT2D eigenvalue weighted by Gasteiger charge is -2.18. The number of rotatable bonds is 7. The number of nitrogens with zero attached hydrogens (tertiary/aromatic N) is 2. The van der Waals surface area contributed by atoms with E-state index in [1.54, 1.807) is 6.26 Å². The highest BCUT2D eigenvalue weighted by atomic mass is 16.3. The third-order valence-corrected chi connectivity index (χ3v) is 3.82. The fourth-order valence-electron chi connectivity index (χ4n) is 2.60. The van der Waals surface area contributed by atoms with Gasteiger partial charge in [-0.1, -0.05) is 6.92 Å². The molecule has 2 heterocycles. The summed E-state index contributed by atoms with van der Waals surface area (Å²) in [6.07, 6.45) is 4.79. The van der Waals surface area contributed by atoms with E-state index in [0.717, 1.165) is 37.3 Å². The smallest absolute Gasteiger partial charge is 0.105 e. The highest BCUT2D eigenvalue weighted by Gasteiger charge is 2.17. The largest absolute Gasteiger partial charge is 0.469 e. The van der Waals surface area contributed by atoms with Gasteiger partial charge in [-0.15, -0.1) is 0 Å². The van der Waals surface area contributed by atoms with Crippen molar-refractivity contribution in [1.82, 2.24) is 15.1 Å². The zero-order valence-electron chi connectivity index (χ0n) is 12.9. The quantitative estimate of drug-likeness (QED) is 0.845. The summed E-state index contributed by atoms with van der Waals surface area (Å²) >= 11 is 0. The topological polar surface area (TPSA) is 43.0 Å². The second-order valence-corrected chi connectivity index (χ2v) is 5.41. The third kappa shape index (κ3) is 3.51. The van der Waals surface area contributed by atoms with Gasteiger partial charge in [-0.05, 0) is 50.9 Å². The number of hydrogen-bond acceptors (Lipinski definition) is 3. The highest BCUT2D eigenvalue weighted by molar-refractivity contribution is 5.25. The first-order valence-electron chi connectivity index (χ1n) is 7.36. The van der Waals surface area contributed by atoms with Gasteiger partial charge in [0, 0.05) is 25.2 Å². The van der Waals surface area contributed by atoms with Gasteiger partial charge in [0.25, 0.3) is 0 Å².